The number of carboxylic acid groups (broad SMARTS) is 1. The summed E-state index contributed by atoms with van der Waals surface area (Å²) < 4.78 is 7.39. The van der Waals surface area contributed by atoms with Crippen LogP contribution in [0.5, 0.6) is 0 Å². The fourth-order valence-electron chi connectivity index (χ4n) is 3.41. The zero-order valence-corrected chi connectivity index (χ0v) is 12.9. The van der Waals surface area contributed by atoms with Crippen molar-refractivity contribution in [2.45, 2.75) is 12.3 Å². The molecule has 2 saturated heterocycles. The predicted octanol–water partition coefficient (Wildman–Crippen LogP) is 1.64. The number of nitrogens with zero attached hydrogens (tertiary/aromatic N) is 4. The minimum absolute atomic E-state index is 0.464. The number of hydrogen-bond acceptors (Lipinski definition) is 4. The summed E-state index contributed by atoms with van der Waals surface area (Å²) in [5, 5.41) is 13.5. The van der Waals surface area contributed by atoms with Crippen LogP contribution in [0.4, 0.5) is 10.5 Å². The molecule has 0 bridgehead atoms. The minimum Gasteiger partial charge on any atom is -0.465 e. The summed E-state index contributed by atoms with van der Waals surface area (Å²) in [7, 11) is 0. The number of piperazine rings is 1. The number of ether oxygens (including phenoxy) is 1. The van der Waals surface area contributed by atoms with E-state index in [1.165, 1.54) is 10.5 Å². The molecule has 23 heavy (non-hydrogen) atoms. The summed E-state index contributed by atoms with van der Waals surface area (Å²) in [4.78, 5) is 14.7. The average Bonchev–Trinajstić information content (AvgIpc) is 3.24. The molecule has 2 fully saturated rings. The maximum atomic E-state index is 11.0. The first-order chi connectivity index (χ1) is 11.2. The normalized spacial score (nSPS) is 22.0. The summed E-state index contributed by atoms with van der Waals surface area (Å²) in [6.07, 6.45) is 4.19. The van der Waals surface area contributed by atoms with Gasteiger partial charge in [-0.3, -0.25) is 0 Å². The number of rotatable bonds is 2. The van der Waals surface area contributed by atoms with Crippen LogP contribution in [0.25, 0.3) is 5.52 Å². The molecule has 1 atom stereocenters. The molecule has 0 saturated carbocycles. The largest absolute Gasteiger partial charge is 0.465 e. The van der Waals surface area contributed by atoms with Crippen molar-refractivity contribution in [2.24, 2.45) is 0 Å². The molecule has 2 aromatic heterocycles. The van der Waals surface area contributed by atoms with Crippen LogP contribution in [-0.4, -0.2) is 65.1 Å². The highest BCUT2D eigenvalue weighted by Gasteiger charge is 2.23. The van der Waals surface area contributed by atoms with Gasteiger partial charge in [0.1, 0.15) is 0 Å². The fourth-order valence-corrected chi connectivity index (χ4v) is 3.41. The molecule has 1 unspecified atom stereocenters. The van der Waals surface area contributed by atoms with Gasteiger partial charge in [-0.05, 0) is 18.1 Å². The van der Waals surface area contributed by atoms with Crippen molar-refractivity contribution in [3.05, 3.63) is 30.1 Å². The molecular weight excluding hydrogens is 296 g/mol. The van der Waals surface area contributed by atoms with Crippen LogP contribution in [-0.2, 0) is 4.74 Å². The molecule has 7 nitrogen and oxygen atoms in total. The monoisotopic (exact) mass is 316 g/mol. The van der Waals surface area contributed by atoms with Gasteiger partial charge in [-0.2, -0.15) is 5.10 Å². The number of pyridine rings is 1. The number of carbonyl (C=O) groups is 1. The maximum Gasteiger partial charge on any atom is 0.407 e. The van der Waals surface area contributed by atoms with Crippen molar-refractivity contribution in [3.8, 4) is 0 Å². The van der Waals surface area contributed by atoms with Crippen LogP contribution >= 0.6 is 0 Å². The molecule has 7 heteroatoms. The Morgan fingerprint density at radius 2 is 2.09 bits per heavy atom. The van der Waals surface area contributed by atoms with Crippen LogP contribution < -0.4 is 4.90 Å². The first kappa shape index (κ1) is 14.3. The van der Waals surface area contributed by atoms with Crippen LogP contribution in [0.15, 0.2) is 24.5 Å². The second-order valence-electron chi connectivity index (χ2n) is 6.14. The van der Waals surface area contributed by atoms with Crippen molar-refractivity contribution in [3.63, 3.8) is 0 Å². The van der Waals surface area contributed by atoms with Crippen molar-refractivity contribution in [1.82, 2.24) is 14.5 Å². The molecule has 0 aromatic carbocycles. The lowest BCUT2D eigenvalue weighted by atomic mass is 10.0. The van der Waals surface area contributed by atoms with Crippen LogP contribution in [0, 0.1) is 0 Å². The van der Waals surface area contributed by atoms with Gasteiger partial charge in [0.2, 0.25) is 0 Å². The highest BCUT2D eigenvalue weighted by molar-refractivity contribution is 5.73. The second kappa shape index (κ2) is 5.73. The van der Waals surface area contributed by atoms with Crippen LogP contribution in [0.1, 0.15) is 17.9 Å². The first-order valence-corrected chi connectivity index (χ1v) is 8.00. The molecule has 4 heterocycles. The predicted molar refractivity (Wildman–Crippen MR) is 85.2 cm³/mol. The molecule has 0 aliphatic carbocycles. The Morgan fingerprint density at radius 3 is 2.78 bits per heavy atom. The van der Waals surface area contributed by atoms with E-state index < -0.39 is 6.09 Å². The van der Waals surface area contributed by atoms with Crippen molar-refractivity contribution in [2.75, 3.05) is 44.3 Å². The van der Waals surface area contributed by atoms with E-state index in [1.807, 2.05) is 10.7 Å². The van der Waals surface area contributed by atoms with Gasteiger partial charge in [0.15, 0.2) is 0 Å². The smallest absolute Gasteiger partial charge is 0.407 e. The van der Waals surface area contributed by atoms with Gasteiger partial charge in [-0.15, -0.1) is 0 Å². The van der Waals surface area contributed by atoms with Gasteiger partial charge in [-0.1, -0.05) is 6.07 Å². The second-order valence-corrected chi connectivity index (χ2v) is 6.14. The Bertz CT molecular complexity index is 715. The SMILES string of the molecule is O=C(O)N1CCN(c2cnn3cc(C4CCOC4)ccc23)CC1. The highest BCUT2D eigenvalue weighted by Crippen LogP contribution is 2.28. The lowest BCUT2D eigenvalue weighted by molar-refractivity contribution is 0.142. The van der Waals surface area contributed by atoms with Crippen molar-refractivity contribution < 1.29 is 14.6 Å². The third kappa shape index (κ3) is 2.61. The summed E-state index contributed by atoms with van der Waals surface area (Å²) in [5.41, 5.74) is 3.40. The molecule has 122 valence electrons. The van der Waals surface area contributed by atoms with E-state index in [-0.39, 0.29) is 0 Å². The van der Waals surface area contributed by atoms with E-state index >= 15 is 0 Å². The fraction of sp³-hybridized carbons (Fsp3) is 0.500. The summed E-state index contributed by atoms with van der Waals surface area (Å²) in [5.74, 6) is 0.464. The van der Waals surface area contributed by atoms with Gasteiger partial charge in [0, 0.05) is 44.9 Å². The molecule has 2 aliphatic heterocycles. The van der Waals surface area contributed by atoms with E-state index in [1.54, 1.807) is 0 Å². The van der Waals surface area contributed by atoms with Gasteiger partial charge < -0.3 is 19.6 Å². The quantitative estimate of drug-likeness (QED) is 0.912. The average molecular weight is 316 g/mol. The van der Waals surface area contributed by atoms with Crippen molar-refractivity contribution in [1.29, 1.82) is 0 Å². The summed E-state index contributed by atoms with van der Waals surface area (Å²) in [6.45, 7) is 4.09. The molecule has 2 aromatic rings. The molecule has 0 radical (unpaired) electrons. The van der Waals surface area contributed by atoms with E-state index in [0.29, 0.717) is 32.1 Å². The molecule has 2 aliphatic rings. The van der Waals surface area contributed by atoms with Gasteiger partial charge in [0.25, 0.3) is 0 Å². The zero-order valence-electron chi connectivity index (χ0n) is 12.9. The Kier molecular flexibility index (Phi) is 3.57. The van der Waals surface area contributed by atoms with E-state index in [9.17, 15) is 4.79 Å². The van der Waals surface area contributed by atoms with E-state index in [2.05, 4.69) is 28.3 Å². The Hall–Kier alpha value is -2.28. The first-order valence-electron chi connectivity index (χ1n) is 8.00. The van der Waals surface area contributed by atoms with Crippen LogP contribution in [0.2, 0.25) is 0 Å². The Balaban J connectivity index is 1.56. The third-order valence-corrected chi connectivity index (χ3v) is 4.81. The Morgan fingerprint density at radius 1 is 1.26 bits per heavy atom. The topological polar surface area (TPSA) is 70.3 Å². The van der Waals surface area contributed by atoms with E-state index in [4.69, 9.17) is 9.84 Å². The van der Waals surface area contributed by atoms with E-state index in [0.717, 1.165) is 30.8 Å². The maximum absolute atomic E-state index is 11.0. The van der Waals surface area contributed by atoms with Crippen LogP contribution in [0.3, 0.4) is 0 Å². The standard InChI is InChI=1S/C16H20N4O3/c21-16(22)19-6-4-18(5-7-19)15-9-17-20-10-12(1-2-14(15)20)13-3-8-23-11-13/h1-2,9-10,13H,3-8,11H2,(H,21,22). The minimum atomic E-state index is -0.840. The summed E-state index contributed by atoms with van der Waals surface area (Å²) in [6, 6.07) is 4.27. The zero-order chi connectivity index (χ0) is 15.8. The number of amides is 1. The lowest BCUT2D eigenvalue weighted by Gasteiger charge is -2.33. The number of anilines is 1. The Labute approximate surface area is 134 Å². The highest BCUT2D eigenvalue weighted by atomic mass is 16.5. The van der Waals surface area contributed by atoms with Gasteiger partial charge in [-0.25, -0.2) is 9.31 Å². The number of aromatic nitrogens is 2. The molecule has 1 amide bonds. The van der Waals surface area contributed by atoms with Gasteiger partial charge >= 0.3 is 6.09 Å². The molecule has 1 N–H and O–H groups in total. The molecular formula is C16H20N4O3. The summed E-state index contributed by atoms with van der Waals surface area (Å²) >= 11 is 0. The lowest BCUT2D eigenvalue weighted by Crippen LogP contribution is -2.48. The number of hydrogen-bond donors (Lipinski definition) is 1. The molecule has 0 spiro atoms. The van der Waals surface area contributed by atoms with Crippen molar-refractivity contribution >= 4 is 17.3 Å². The molecule has 4 rings (SSSR count). The third-order valence-electron chi connectivity index (χ3n) is 4.81. The number of fused-ring (bicyclic) bond motifs is 1. The van der Waals surface area contributed by atoms with Gasteiger partial charge in [0.05, 0.1) is 24.0 Å².